The summed E-state index contributed by atoms with van der Waals surface area (Å²) in [5, 5.41) is 49.0. The van der Waals surface area contributed by atoms with Crippen LogP contribution in [0.3, 0.4) is 0 Å². The third kappa shape index (κ3) is 3.21. The summed E-state index contributed by atoms with van der Waals surface area (Å²) in [6.45, 7) is -0.656. The molecule has 2 aliphatic rings. The molecule has 1 saturated heterocycles. The molecule has 2 heterocycles. The molecule has 144 valence electrons. The summed E-state index contributed by atoms with van der Waals surface area (Å²) in [4.78, 5) is 12.2. The summed E-state index contributed by atoms with van der Waals surface area (Å²) < 4.78 is 20.8. The average molecular weight is 373 g/mol. The fraction of sp³-hybridized carbons (Fsp3) is 0.533. The highest BCUT2D eigenvalue weighted by Gasteiger charge is 2.47. The molecular formula is C15H19NO10. The van der Waals surface area contributed by atoms with Crippen LogP contribution >= 0.6 is 0 Å². The number of amides is 1. The molecular weight excluding hydrogens is 354 g/mol. The first-order chi connectivity index (χ1) is 12.4. The molecule has 5 N–H and O–H groups in total. The number of ether oxygens (including phenoxy) is 4. The van der Waals surface area contributed by atoms with Crippen LogP contribution in [-0.4, -0.2) is 82.3 Å². The highest BCUT2D eigenvalue weighted by molar-refractivity contribution is 5.97. The second kappa shape index (κ2) is 7.32. The van der Waals surface area contributed by atoms with E-state index in [0.29, 0.717) is 10.8 Å². The molecule has 6 atom stereocenters. The number of carbonyl (C=O) groups is 1. The second-order valence-electron chi connectivity index (χ2n) is 5.77. The molecule has 0 bridgehead atoms. The highest BCUT2D eigenvalue weighted by Crippen LogP contribution is 2.37. The lowest BCUT2D eigenvalue weighted by Crippen LogP contribution is -2.61. The van der Waals surface area contributed by atoms with E-state index in [1.165, 1.54) is 25.3 Å². The van der Waals surface area contributed by atoms with Gasteiger partial charge in [-0.15, -0.1) is 0 Å². The first-order valence-electron chi connectivity index (χ1n) is 7.71. The maximum absolute atomic E-state index is 12.2. The van der Waals surface area contributed by atoms with Crippen LogP contribution in [0.5, 0.6) is 11.5 Å². The zero-order valence-corrected chi connectivity index (χ0v) is 13.6. The van der Waals surface area contributed by atoms with E-state index >= 15 is 0 Å². The molecule has 11 nitrogen and oxygen atoms in total. The molecule has 0 unspecified atom stereocenters. The van der Waals surface area contributed by atoms with Crippen molar-refractivity contribution >= 4 is 11.6 Å². The summed E-state index contributed by atoms with van der Waals surface area (Å²) in [6.07, 6.45) is -9.49. The van der Waals surface area contributed by atoms with Gasteiger partial charge in [0.1, 0.15) is 35.9 Å². The minimum Gasteiger partial charge on any atom is -0.497 e. The summed E-state index contributed by atoms with van der Waals surface area (Å²) in [7, 11) is 1.42. The van der Waals surface area contributed by atoms with Crippen molar-refractivity contribution in [2.45, 2.75) is 37.0 Å². The van der Waals surface area contributed by atoms with Crippen LogP contribution < -0.4 is 14.5 Å². The van der Waals surface area contributed by atoms with Crippen molar-refractivity contribution in [3.63, 3.8) is 0 Å². The van der Waals surface area contributed by atoms with Gasteiger partial charge in [-0.3, -0.25) is 10.0 Å². The summed E-state index contributed by atoms with van der Waals surface area (Å²) in [6, 6.07) is 4.32. The Morgan fingerprint density at radius 1 is 1.19 bits per heavy atom. The van der Waals surface area contributed by atoms with Gasteiger partial charge in [0.05, 0.1) is 13.7 Å². The van der Waals surface area contributed by atoms with Crippen molar-refractivity contribution in [3.8, 4) is 11.5 Å². The van der Waals surface area contributed by atoms with Crippen LogP contribution in [0.4, 0.5) is 5.69 Å². The fourth-order valence-electron chi connectivity index (χ4n) is 2.66. The molecule has 1 aromatic rings. The van der Waals surface area contributed by atoms with Crippen LogP contribution in [0.1, 0.15) is 0 Å². The van der Waals surface area contributed by atoms with E-state index in [1.54, 1.807) is 0 Å². The quantitative estimate of drug-likeness (QED) is 0.372. The Hall–Kier alpha value is -1.99. The van der Waals surface area contributed by atoms with Crippen molar-refractivity contribution in [2.24, 2.45) is 0 Å². The van der Waals surface area contributed by atoms with E-state index in [2.05, 4.69) is 0 Å². The zero-order valence-electron chi connectivity index (χ0n) is 13.6. The summed E-state index contributed by atoms with van der Waals surface area (Å²) in [5.74, 6) is -0.529. The predicted octanol–water partition coefficient (Wildman–Crippen LogP) is -2.05. The third-order valence-corrected chi connectivity index (χ3v) is 4.15. The van der Waals surface area contributed by atoms with Gasteiger partial charge in [0.25, 0.3) is 6.29 Å². The van der Waals surface area contributed by atoms with E-state index < -0.39 is 49.5 Å². The number of hydroxylamine groups is 1. The van der Waals surface area contributed by atoms with Gasteiger partial charge in [-0.05, 0) is 12.1 Å². The topological polar surface area (TPSA) is 158 Å². The number of fused-ring (bicyclic) bond motifs is 1. The Kier molecular flexibility index (Phi) is 5.29. The lowest BCUT2D eigenvalue weighted by atomic mass is 9.99. The third-order valence-electron chi connectivity index (χ3n) is 4.15. The molecule has 0 radical (unpaired) electrons. The number of anilines is 1. The first-order valence-corrected chi connectivity index (χ1v) is 7.71. The average Bonchev–Trinajstić information content (AvgIpc) is 2.65. The van der Waals surface area contributed by atoms with E-state index in [9.17, 15) is 30.4 Å². The molecule has 26 heavy (non-hydrogen) atoms. The fourth-order valence-corrected chi connectivity index (χ4v) is 2.66. The van der Waals surface area contributed by atoms with Gasteiger partial charge in [0.2, 0.25) is 0 Å². The standard InChI is InChI=1S/C15H19NO10/c1-23-6-2-3-7-8(4-6)24-15(13(21)16(7)22)26-14-12(20)11(19)10(18)9(5-17)25-14/h2-4,9-12,14-15,17-20,22H,5H2,1H3/t9-,10-,11+,12-,14+,15-/m1/s1. The normalized spacial score (nSPS) is 34.2. The smallest absolute Gasteiger partial charge is 0.320 e. The maximum atomic E-state index is 12.2. The van der Waals surface area contributed by atoms with Crippen LogP contribution in [0.15, 0.2) is 18.2 Å². The van der Waals surface area contributed by atoms with Crippen molar-refractivity contribution in [2.75, 3.05) is 18.8 Å². The number of aliphatic hydroxyl groups excluding tert-OH is 4. The van der Waals surface area contributed by atoms with Gasteiger partial charge in [0, 0.05) is 6.07 Å². The van der Waals surface area contributed by atoms with Crippen LogP contribution in [-0.2, 0) is 14.3 Å². The number of methoxy groups -OCH3 is 1. The number of carbonyl (C=O) groups excluding carboxylic acids is 1. The Morgan fingerprint density at radius 3 is 2.58 bits per heavy atom. The van der Waals surface area contributed by atoms with Gasteiger partial charge >= 0.3 is 5.91 Å². The lowest BCUT2D eigenvalue weighted by molar-refractivity contribution is -0.323. The molecule has 11 heteroatoms. The molecule has 1 fully saturated rings. The van der Waals surface area contributed by atoms with Crippen LogP contribution in [0.2, 0.25) is 0 Å². The van der Waals surface area contributed by atoms with Gasteiger partial charge in [-0.1, -0.05) is 0 Å². The summed E-state index contributed by atoms with van der Waals surface area (Å²) >= 11 is 0. The van der Waals surface area contributed by atoms with Gasteiger partial charge < -0.3 is 39.4 Å². The number of hydrogen-bond acceptors (Lipinski definition) is 10. The Bertz CT molecular complexity index is 668. The van der Waals surface area contributed by atoms with E-state index in [1.807, 2.05) is 0 Å². The Morgan fingerprint density at radius 2 is 1.92 bits per heavy atom. The van der Waals surface area contributed by atoms with E-state index in [0.717, 1.165) is 0 Å². The van der Waals surface area contributed by atoms with E-state index in [4.69, 9.17) is 18.9 Å². The van der Waals surface area contributed by atoms with E-state index in [-0.39, 0.29) is 11.4 Å². The molecule has 2 aliphatic heterocycles. The number of nitrogens with zero attached hydrogens (tertiary/aromatic N) is 1. The minimum absolute atomic E-state index is 0.0597. The molecule has 0 saturated carbocycles. The number of rotatable bonds is 4. The molecule has 0 aromatic heterocycles. The number of aliphatic hydroxyl groups is 4. The first kappa shape index (κ1) is 18.8. The van der Waals surface area contributed by atoms with Crippen LogP contribution in [0, 0.1) is 0 Å². The second-order valence-corrected chi connectivity index (χ2v) is 5.77. The van der Waals surface area contributed by atoms with Crippen molar-refractivity contribution < 1.29 is 49.4 Å². The highest BCUT2D eigenvalue weighted by atomic mass is 16.8. The van der Waals surface area contributed by atoms with Gasteiger partial charge in [-0.2, -0.15) is 5.06 Å². The number of benzene rings is 1. The molecule has 0 aliphatic carbocycles. The largest absolute Gasteiger partial charge is 0.497 e. The summed E-state index contributed by atoms with van der Waals surface area (Å²) in [5.41, 5.74) is 0.0597. The zero-order chi connectivity index (χ0) is 19.0. The predicted molar refractivity (Wildman–Crippen MR) is 81.5 cm³/mol. The van der Waals surface area contributed by atoms with Crippen molar-refractivity contribution in [1.29, 1.82) is 0 Å². The minimum atomic E-state index is -1.72. The van der Waals surface area contributed by atoms with Gasteiger partial charge in [-0.25, -0.2) is 0 Å². The lowest BCUT2D eigenvalue weighted by Gasteiger charge is -2.41. The SMILES string of the molecule is COc1ccc2c(c1)O[C@H](O[C@@H]1O[C@H](CO)[C@@H](O)[C@H](O)[C@H]1O)C(=O)N2O. The monoisotopic (exact) mass is 373 g/mol. The maximum Gasteiger partial charge on any atom is 0.320 e. The van der Waals surface area contributed by atoms with Crippen LogP contribution in [0.25, 0.3) is 0 Å². The molecule has 0 spiro atoms. The molecule has 1 aromatic carbocycles. The van der Waals surface area contributed by atoms with Crippen molar-refractivity contribution in [3.05, 3.63) is 18.2 Å². The molecule has 1 amide bonds. The Labute approximate surface area is 147 Å². The molecule has 3 rings (SSSR count). The number of hydrogen-bond donors (Lipinski definition) is 5. The van der Waals surface area contributed by atoms with Crippen molar-refractivity contribution in [1.82, 2.24) is 0 Å². The van der Waals surface area contributed by atoms with Gasteiger partial charge in [0.15, 0.2) is 12.0 Å². The Balaban J connectivity index is 1.80.